The third-order valence-electron chi connectivity index (χ3n) is 4.33. The number of para-hydroxylation sites is 1. The Hall–Kier alpha value is -2.47. The summed E-state index contributed by atoms with van der Waals surface area (Å²) in [5, 5.41) is 17.1. The van der Waals surface area contributed by atoms with Crippen molar-refractivity contribution in [2.24, 2.45) is 4.99 Å². The Morgan fingerprint density at radius 3 is 2.58 bits per heavy atom. The molecule has 0 aliphatic rings. The first kappa shape index (κ1) is 19.8. The van der Waals surface area contributed by atoms with Crippen LogP contribution in [0, 0.1) is 0 Å². The van der Waals surface area contributed by atoms with E-state index in [0.29, 0.717) is 11.7 Å². The van der Waals surface area contributed by atoms with E-state index in [4.69, 9.17) is 4.42 Å². The van der Waals surface area contributed by atoms with Crippen molar-refractivity contribution in [1.82, 2.24) is 10.6 Å². The van der Waals surface area contributed by atoms with Crippen LogP contribution in [0.15, 0.2) is 58.1 Å². The molecule has 0 bridgehead atoms. The minimum atomic E-state index is -1.14. The maximum atomic E-state index is 10.5. The standard InChI is InChI=1S/C20H30N4O2/c1-5-21-19(23-15-20(3,25)18-12-9-13-26-18)22-14-16(2)24(4)17-10-7-6-8-11-17/h6-13,16,25H,5,14-15H2,1-4H3,(H2,21,22,23). The second kappa shape index (κ2) is 9.29. The number of benzene rings is 1. The minimum Gasteiger partial charge on any atom is -0.466 e. The Labute approximate surface area is 155 Å². The van der Waals surface area contributed by atoms with Gasteiger partial charge in [-0.25, -0.2) is 4.99 Å². The van der Waals surface area contributed by atoms with Gasteiger partial charge in [0.1, 0.15) is 11.4 Å². The number of hydrogen-bond acceptors (Lipinski definition) is 4. The number of anilines is 1. The van der Waals surface area contributed by atoms with E-state index >= 15 is 0 Å². The Morgan fingerprint density at radius 1 is 1.23 bits per heavy atom. The maximum absolute atomic E-state index is 10.5. The fourth-order valence-corrected chi connectivity index (χ4v) is 2.54. The van der Waals surface area contributed by atoms with Gasteiger partial charge in [-0.05, 0) is 45.0 Å². The lowest BCUT2D eigenvalue weighted by atomic mass is 10.0. The highest BCUT2D eigenvalue weighted by molar-refractivity contribution is 5.79. The zero-order valence-corrected chi connectivity index (χ0v) is 16.1. The van der Waals surface area contributed by atoms with Gasteiger partial charge in [0.05, 0.1) is 12.8 Å². The van der Waals surface area contributed by atoms with Crippen molar-refractivity contribution >= 4 is 11.6 Å². The number of guanidine groups is 1. The van der Waals surface area contributed by atoms with Crippen molar-refractivity contribution in [3.8, 4) is 0 Å². The molecular weight excluding hydrogens is 328 g/mol. The number of aliphatic imine (C=N–C) groups is 1. The van der Waals surface area contributed by atoms with E-state index < -0.39 is 5.60 Å². The summed E-state index contributed by atoms with van der Waals surface area (Å²) in [6, 6.07) is 14.1. The van der Waals surface area contributed by atoms with Crippen molar-refractivity contribution < 1.29 is 9.52 Å². The lowest BCUT2D eigenvalue weighted by Gasteiger charge is -2.28. The molecule has 2 atom stereocenters. The first-order chi connectivity index (χ1) is 12.4. The van der Waals surface area contributed by atoms with Gasteiger partial charge in [-0.3, -0.25) is 0 Å². The molecule has 6 nitrogen and oxygen atoms in total. The number of furan rings is 1. The summed E-state index contributed by atoms with van der Waals surface area (Å²) in [5.74, 6) is 1.18. The van der Waals surface area contributed by atoms with Gasteiger partial charge in [0.2, 0.25) is 0 Å². The molecule has 1 aromatic carbocycles. The monoisotopic (exact) mass is 358 g/mol. The molecule has 3 N–H and O–H groups in total. The van der Waals surface area contributed by atoms with Gasteiger partial charge in [-0.2, -0.15) is 0 Å². The van der Waals surface area contributed by atoms with Crippen LogP contribution < -0.4 is 15.5 Å². The van der Waals surface area contributed by atoms with Crippen LogP contribution in [0.1, 0.15) is 26.5 Å². The highest BCUT2D eigenvalue weighted by Gasteiger charge is 2.26. The largest absolute Gasteiger partial charge is 0.466 e. The summed E-state index contributed by atoms with van der Waals surface area (Å²) in [5.41, 5.74) is 0.0302. The molecule has 1 aromatic heterocycles. The highest BCUT2D eigenvalue weighted by Crippen LogP contribution is 2.21. The van der Waals surface area contributed by atoms with Gasteiger partial charge in [-0.1, -0.05) is 18.2 Å². The molecule has 26 heavy (non-hydrogen) atoms. The van der Waals surface area contributed by atoms with E-state index in [0.717, 1.165) is 13.1 Å². The smallest absolute Gasteiger partial charge is 0.191 e. The Balaban J connectivity index is 1.95. The van der Waals surface area contributed by atoms with Crippen molar-refractivity contribution in [3.05, 3.63) is 54.5 Å². The van der Waals surface area contributed by atoms with Crippen molar-refractivity contribution in [3.63, 3.8) is 0 Å². The Bertz CT molecular complexity index is 668. The van der Waals surface area contributed by atoms with E-state index in [1.165, 1.54) is 5.69 Å². The highest BCUT2D eigenvalue weighted by atomic mass is 16.4. The molecule has 0 saturated carbocycles. The van der Waals surface area contributed by atoms with Crippen LogP contribution in [-0.4, -0.2) is 43.8 Å². The lowest BCUT2D eigenvalue weighted by Crippen LogP contribution is -2.45. The van der Waals surface area contributed by atoms with Crippen LogP contribution in [0.4, 0.5) is 5.69 Å². The number of nitrogens with zero attached hydrogens (tertiary/aromatic N) is 2. The van der Waals surface area contributed by atoms with Gasteiger partial charge < -0.3 is 25.1 Å². The third-order valence-corrected chi connectivity index (χ3v) is 4.33. The van der Waals surface area contributed by atoms with Crippen LogP contribution in [0.25, 0.3) is 0 Å². The zero-order chi connectivity index (χ0) is 19.0. The first-order valence-corrected chi connectivity index (χ1v) is 9.00. The minimum absolute atomic E-state index is 0.207. The normalized spacial score (nSPS) is 15.2. The second-order valence-corrected chi connectivity index (χ2v) is 6.62. The lowest BCUT2D eigenvalue weighted by molar-refractivity contribution is 0.0437. The summed E-state index contributed by atoms with van der Waals surface area (Å²) in [4.78, 5) is 6.73. The maximum Gasteiger partial charge on any atom is 0.191 e. The molecule has 142 valence electrons. The zero-order valence-electron chi connectivity index (χ0n) is 16.1. The molecule has 0 fully saturated rings. The number of likely N-dealkylation sites (N-methyl/N-ethyl adjacent to an activating group) is 1. The van der Waals surface area contributed by atoms with Gasteiger partial charge in [0.15, 0.2) is 5.96 Å². The van der Waals surface area contributed by atoms with Gasteiger partial charge >= 0.3 is 0 Å². The molecule has 6 heteroatoms. The summed E-state index contributed by atoms with van der Waals surface area (Å²) in [6.45, 7) is 7.55. The molecule has 0 aliphatic heterocycles. The summed E-state index contributed by atoms with van der Waals surface area (Å²) >= 11 is 0. The van der Waals surface area contributed by atoms with E-state index in [9.17, 15) is 5.11 Å². The van der Waals surface area contributed by atoms with E-state index in [2.05, 4.69) is 46.6 Å². The SMILES string of the molecule is CCNC(=NCC(C)(O)c1ccco1)NCC(C)N(C)c1ccccc1. The number of aliphatic hydroxyl groups is 1. The summed E-state index contributed by atoms with van der Waals surface area (Å²) in [7, 11) is 2.08. The van der Waals surface area contributed by atoms with E-state index in [-0.39, 0.29) is 12.6 Å². The molecule has 0 radical (unpaired) electrons. The predicted octanol–water partition coefficient (Wildman–Crippen LogP) is 2.57. The average molecular weight is 358 g/mol. The van der Waals surface area contributed by atoms with Gasteiger partial charge in [-0.15, -0.1) is 0 Å². The average Bonchev–Trinajstić information content (AvgIpc) is 3.19. The van der Waals surface area contributed by atoms with Crippen LogP contribution in [0.3, 0.4) is 0 Å². The number of hydrogen-bond donors (Lipinski definition) is 3. The molecule has 0 amide bonds. The molecule has 0 aliphatic carbocycles. The molecule has 2 aromatic rings. The fourth-order valence-electron chi connectivity index (χ4n) is 2.54. The van der Waals surface area contributed by atoms with Gasteiger partial charge in [0, 0.05) is 31.9 Å². The van der Waals surface area contributed by atoms with Crippen LogP contribution in [0.5, 0.6) is 0 Å². The van der Waals surface area contributed by atoms with Gasteiger partial charge in [0.25, 0.3) is 0 Å². The molecular formula is C20H30N4O2. The quantitative estimate of drug-likeness (QED) is 0.500. The molecule has 2 unspecified atom stereocenters. The second-order valence-electron chi connectivity index (χ2n) is 6.62. The van der Waals surface area contributed by atoms with E-state index in [1.54, 1.807) is 25.3 Å². The topological polar surface area (TPSA) is 73.0 Å². The molecule has 2 rings (SSSR count). The third kappa shape index (κ3) is 5.52. The van der Waals surface area contributed by atoms with Crippen LogP contribution in [0.2, 0.25) is 0 Å². The van der Waals surface area contributed by atoms with Crippen LogP contribution in [-0.2, 0) is 5.60 Å². The summed E-state index contributed by atoms with van der Waals surface area (Å²) < 4.78 is 5.30. The van der Waals surface area contributed by atoms with Crippen LogP contribution >= 0.6 is 0 Å². The van der Waals surface area contributed by atoms with E-state index in [1.807, 2.05) is 25.1 Å². The molecule has 0 spiro atoms. The Morgan fingerprint density at radius 2 is 1.96 bits per heavy atom. The first-order valence-electron chi connectivity index (χ1n) is 9.00. The molecule has 1 heterocycles. The Kier molecular flexibility index (Phi) is 7.09. The van der Waals surface area contributed by atoms with Crippen molar-refractivity contribution in [2.45, 2.75) is 32.4 Å². The molecule has 0 saturated heterocycles. The number of rotatable bonds is 8. The van der Waals surface area contributed by atoms with Crippen molar-refractivity contribution in [2.75, 3.05) is 31.6 Å². The fraction of sp³-hybridized carbons (Fsp3) is 0.450. The summed E-state index contributed by atoms with van der Waals surface area (Å²) in [6.07, 6.45) is 1.55. The number of nitrogens with one attached hydrogen (secondary N) is 2. The van der Waals surface area contributed by atoms with Crippen molar-refractivity contribution in [1.29, 1.82) is 0 Å². The predicted molar refractivity (Wildman–Crippen MR) is 107 cm³/mol.